The molecule has 1 saturated carbocycles. The van der Waals surface area contributed by atoms with E-state index in [-0.39, 0.29) is 0 Å². The molecule has 1 fully saturated rings. The third-order valence-electron chi connectivity index (χ3n) is 3.95. The Morgan fingerprint density at radius 2 is 1.85 bits per heavy atom. The molecule has 1 aromatic heterocycles. The molecular weight excluding hydrogens is 162 g/mol. The van der Waals surface area contributed by atoms with Gasteiger partial charge >= 0.3 is 0 Å². The van der Waals surface area contributed by atoms with Crippen LogP contribution in [0.2, 0.25) is 0 Å². The highest BCUT2D eigenvalue weighted by atomic mass is 15.0. The molecule has 2 rings (SSSR count). The second-order valence-corrected chi connectivity index (χ2v) is 5.10. The number of rotatable bonds is 1. The predicted octanol–water partition coefficient (Wildman–Crippen LogP) is 2.14. The van der Waals surface area contributed by atoms with Crippen LogP contribution in [0.5, 0.6) is 0 Å². The zero-order chi connectivity index (χ0) is 9.85. The average Bonchev–Trinajstić information content (AvgIpc) is 2.32. The highest BCUT2D eigenvalue weighted by Gasteiger charge is 2.65. The molecule has 0 amide bonds. The van der Waals surface area contributed by atoms with E-state index in [1.54, 1.807) is 0 Å². The monoisotopic (exact) mass is 179 g/mol. The Kier molecular flexibility index (Phi) is 1.38. The van der Waals surface area contributed by atoms with Crippen LogP contribution in [0.4, 0.5) is 5.95 Å². The van der Waals surface area contributed by atoms with Gasteiger partial charge in [-0.2, -0.15) is 0 Å². The number of aromatic nitrogens is 2. The maximum atomic E-state index is 5.55. The van der Waals surface area contributed by atoms with Crippen LogP contribution < -0.4 is 5.73 Å². The van der Waals surface area contributed by atoms with Gasteiger partial charge in [-0.1, -0.05) is 27.7 Å². The van der Waals surface area contributed by atoms with Gasteiger partial charge in [-0.3, -0.25) is 0 Å². The van der Waals surface area contributed by atoms with E-state index in [0.29, 0.717) is 22.7 Å². The number of hydrogen-bond acceptors (Lipinski definition) is 2. The molecule has 3 N–H and O–H groups in total. The van der Waals surface area contributed by atoms with Crippen LogP contribution in [0.3, 0.4) is 0 Å². The van der Waals surface area contributed by atoms with Crippen LogP contribution in [0.15, 0.2) is 6.20 Å². The number of aromatic amines is 1. The topological polar surface area (TPSA) is 54.7 Å². The molecule has 0 aliphatic heterocycles. The van der Waals surface area contributed by atoms with Crippen molar-refractivity contribution in [3.63, 3.8) is 0 Å². The van der Waals surface area contributed by atoms with Crippen LogP contribution in [0.25, 0.3) is 0 Å². The van der Waals surface area contributed by atoms with Crippen LogP contribution in [0.1, 0.15) is 39.3 Å². The summed E-state index contributed by atoms with van der Waals surface area (Å²) in [5.41, 5.74) is 7.43. The summed E-state index contributed by atoms with van der Waals surface area (Å²) in [6.07, 6.45) is 1.86. The minimum absolute atomic E-state index is 0.353. The first kappa shape index (κ1) is 8.60. The fourth-order valence-corrected chi connectivity index (χ4v) is 2.47. The predicted molar refractivity (Wildman–Crippen MR) is 53.3 cm³/mol. The lowest BCUT2D eigenvalue weighted by Gasteiger charge is -2.03. The Morgan fingerprint density at radius 3 is 2.15 bits per heavy atom. The number of hydrogen-bond donors (Lipinski definition) is 2. The first-order valence-corrected chi connectivity index (χ1v) is 4.68. The van der Waals surface area contributed by atoms with Crippen molar-refractivity contribution in [2.24, 2.45) is 10.8 Å². The Balaban J connectivity index is 2.32. The number of nitrogen functional groups attached to an aromatic ring is 1. The van der Waals surface area contributed by atoms with Gasteiger partial charge in [0.25, 0.3) is 0 Å². The van der Waals surface area contributed by atoms with E-state index in [9.17, 15) is 0 Å². The third-order valence-corrected chi connectivity index (χ3v) is 3.95. The first-order valence-electron chi connectivity index (χ1n) is 4.68. The SMILES string of the molecule is CC1(C)C(c2cnc(N)[nH]2)C1(C)C. The van der Waals surface area contributed by atoms with Crippen molar-refractivity contribution in [3.05, 3.63) is 11.9 Å². The number of H-pyrrole nitrogens is 1. The van der Waals surface area contributed by atoms with Crippen molar-refractivity contribution >= 4 is 5.95 Å². The molecule has 0 unspecified atom stereocenters. The van der Waals surface area contributed by atoms with Crippen molar-refractivity contribution in [2.75, 3.05) is 5.73 Å². The van der Waals surface area contributed by atoms with Crippen LogP contribution in [-0.4, -0.2) is 9.97 Å². The van der Waals surface area contributed by atoms with Gasteiger partial charge in [0.1, 0.15) is 0 Å². The maximum Gasteiger partial charge on any atom is 0.197 e. The summed E-state index contributed by atoms with van der Waals surface area (Å²) in [6.45, 7) is 9.15. The Hall–Kier alpha value is -0.990. The van der Waals surface area contributed by atoms with E-state index in [1.807, 2.05) is 6.20 Å². The molecule has 13 heavy (non-hydrogen) atoms. The zero-order valence-electron chi connectivity index (χ0n) is 8.68. The number of nitrogens with one attached hydrogen (secondary N) is 1. The van der Waals surface area contributed by atoms with E-state index in [2.05, 4.69) is 37.7 Å². The summed E-state index contributed by atoms with van der Waals surface area (Å²) in [5, 5.41) is 0. The van der Waals surface area contributed by atoms with Gasteiger partial charge in [0.2, 0.25) is 0 Å². The molecule has 0 aromatic carbocycles. The second-order valence-electron chi connectivity index (χ2n) is 5.10. The molecule has 0 radical (unpaired) electrons. The van der Waals surface area contributed by atoms with Gasteiger partial charge in [-0.15, -0.1) is 0 Å². The highest BCUT2D eigenvalue weighted by molar-refractivity contribution is 5.33. The molecular formula is C10H17N3. The molecule has 0 bridgehead atoms. The standard InChI is InChI=1S/C10H17N3/c1-9(2)7(10(9,3)4)6-5-12-8(11)13-6/h5,7H,1-4H3,(H3,11,12,13). The summed E-state index contributed by atoms with van der Waals surface area (Å²) < 4.78 is 0. The van der Waals surface area contributed by atoms with Crippen molar-refractivity contribution in [2.45, 2.75) is 33.6 Å². The van der Waals surface area contributed by atoms with Crippen LogP contribution >= 0.6 is 0 Å². The van der Waals surface area contributed by atoms with Gasteiger partial charge in [-0.25, -0.2) is 4.98 Å². The van der Waals surface area contributed by atoms with Gasteiger partial charge < -0.3 is 10.7 Å². The van der Waals surface area contributed by atoms with Crippen molar-refractivity contribution < 1.29 is 0 Å². The molecule has 0 saturated heterocycles. The Bertz CT molecular complexity index is 322. The van der Waals surface area contributed by atoms with Gasteiger partial charge in [-0.05, 0) is 10.8 Å². The lowest BCUT2D eigenvalue weighted by Crippen LogP contribution is -1.95. The normalized spacial score (nSPS) is 24.6. The fraction of sp³-hybridized carbons (Fsp3) is 0.700. The van der Waals surface area contributed by atoms with Crippen molar-refractivity contribution in [1.29, 1.82) is 0 Å². The van der Waals surface area contributed by atoms with Crippen LogP contribution in [0, 0.1) is 10.8 Å². The molecule has 1 aromatic rings. The Morgan fingerprint density at radius 1 is 1.31 bits per heavy atom. The molecule has 3 nitrogen and oxygen atoms in total. The van der Waals surface area contributed by atoms with Gasteiger partial charge in [0.15, 0.2) is 5.95 Å². The second kappa shape index (κ2) is 2.08. The average molecular weight is 179 g/mol. The van der Waals surface area contributed by atoms with Gasteiger partial charge in [0.05, 0.1) is 6.20 Å². The summed E-state index contributed by atoms with van der Waals surface area (Å²) >= 11 is 0. The molecule has 72 valence electrons. The summed E-state index contributed by atoms with van der Waals surface area (Å²) in [7, 11) is 0. The zero-order valence-corrected chi connectivity index (χ0v) is 8.68. The summed E-state index contributed by atoms with van der Waals surface area (Å²) in [5.74, 6) is 1.08. The van der Waals surface area contributed by atoms with E-state index in [4.69, 9.17) is 5.73 Å². The highest BCUT2D eigenvalue weighted by Crippen LogP contribution is 2.73. The number of nitrogens with two attached hydrogens (primary N) is 1. The van der Waals surface area contributed by atoms with Crippen molar-refractivity contribution in [3.8, 4) is 0 Å². The number of imidazole rings is 1. The molecule has 1 aliphatic carbocycles. The minimum Gasteiger partial charge on any atom is -0.369 e. The number of anilines is 1. The smallest absolute Gasteiger partial charge is 0.197 e. The van der Waals surface area contributed by atoms with E-state index >= 15 is 0 Å². The quantitative estimate of drug-likeness (QED) is 0.694. The maximum absolute atomic E-state index is 5.55. The van der Waals surface area contributed by atoms with Crippen molar-refractivity contribution in [1.82, 2.24) is 9.97 Å². The molecule has 0 atom stereocenters. The minimum atomic E-state index is 0.353. The number of nitrogens with zero attached hydrogens (tertiary/aromatic N) is 1. The lowest BCUT2D eigenvalue weighted by atomic mass is 10.0. The van der Waals surface area contributed by atoms with Crippen LogP contribution in [-0.2, 0) is 0 Å². The fourth-order valence-electron chi connectivity index (χ4n) is 2.47. The van der Waals surface area contributed by atoms with E-state index in [0.717, 1.165) is 0 Å². The lowest BCUT2D eigenvalue weighted by molar-refractivity contribution is 0.457. The molecule has 1 aliphatic rings. The van der Waals surface area contributed by atoms with E-state index in [1.165, 1.54) is 5.69 Å². The van der Waals surface area contributed by atoms with Gasteiger partial charge in [0, 0.05) is 11.6 Å². The third kappa shape index (κ3) is 0.929. The Labute approximate surface area is 78.7 Å². The summed E-state index contributed by atoms with van der Waals surface area (Å²) in [6, 6.07) is 0. The van der Waals surface area contributed by atoms with E-state index < -0.39 is 0 Å². The summed E-state index contributed by atoms with van der Waals surface area (Å²) in [4.78, 5) is 7.15. The first-order chi connectivity index (χ1) is 5.87. The molecule has 3 heteroatoms. The molecule has 1 heterocycles. The largest absolute Gasteiger partial charge is 0.369 e. The molecule has 0 spiro atoms.